The quantitative estimate of drug-likeness (QED) is 0.782. The van der Waals surface area contributed by atoms with Crippen LogP contribution >= 0.6 is 11.6 Å². The summed E-state index contributed by atoms with van der Waals surface area (Å²) in [5, 5.41) is 6.10. The number of methoxy groups -OCH3 is 3. The zero-order valence-corrected chi connectivity index (χ0v) is 15.1. The fourth-order valence-electron chi connectivity index (χ4n) is 2.33. The van der Waals surface area contributed by atoms with Crippen molar-refractivity contribution < 1.29 is 19.0 Å². The second-order valence-electron chi connectivity index (χ2n) is 5.15. The second-order valence-corrected chi connectivity index (χ2v) is 5.56. The SMILES string of the molecule is COc1ccc(NC(=O)NCC(OC)c2ccccc2Cl)cc1OC. The molecule has 2 N–H and O–H groups in total. The van der Waals surface area contributed by atoms with Gasteiger partial charge in [0, 0.05) is 36.0 Å². The van der Waals surface area contributed by atoms with E-state index in [4.69, 9.17) is 25.8 Å². The Balaban J connectivity index is 1.97. The number of nitrogens with one attached hydrogen (secondary N) is 2. The number of ether oxygens (including phenoxy) is 3. The Morgan fingerprint density at radius 1 is 1.08 bits per heavy atom. The van der Waals surface area contributed by atoms with Crippen molar-refractivity contribution in [3.05, 3.63) is 53.1 Å². The Kier molecular flexibility index (Phi) is 6.91. The number of urea groups is 1. The van der Waals surface area contributed by atoms with E-state index in [9.17, 15) is 4.79 Å². The van der Waals surface area contributed by atoms with Gasteiger partial charge in [0.25, 0.3) is 0 Å². The van der Waals surface area contributed by atoms with E-state index >= 15 is 0 Å². The predicted molar refractivity (Wildman–Crippen MR) is 97.8 cm³/mol. The van der Waals surface area contributed by atoms with E-state index in [-0.39, 0.29) is 18.7 Å². The highest BCUT2D eigenvalue weighted by Gasteiger charge is 2.15. The van der Waals surface area contributed by atoms with Crippen molar-refractivity contribution in [1.29, 1.82) is 0 Å². The number of anilines is 1. The molecule has 0 saturated heterocycles. The van der Waals surface area contributed by atoms with Gasteiger partial charge in [-0.3, -0.25) is 0 Å². The van der Waals surface area contributed by atoms with Gasteiger partial charge in [-0.1, -0.05) is 29.8 Å². The molecule has 25 heavy (non-hydrogen) atoms. The van der Waals surface area contributed by atoms with Crippen LogP contribution in [0.3, 0.4) is 0 Å². The van der Waals surface area contributed by atoms with Crippen molar-refractivity contribution >= 4 is 23.3 Å². The van der Waals surface area contributed by atoms with Crippen molar-refractivity contribution in [2.45, 2.75) is 6.10 Å². The molecule has 1 unspecified atom stereocenters. The maximum Gasteiger partial charge on any atom is 0.319 e. The lowest BCUT2D eigenvalue weighted by atomic mass is 10.1. The molecule has 2 rings (SSSR count). The molecule has 0 fully saturated rings. The summed E-state index contributed by atoms with van der Waals surface area (Å²) in [7, 11) is 4.66. The Labute approximate surface area is 152 Å². The lowest BCUT2D eigenvalue weighted by Gasteiger charge is -2.18. The van der Waals surface area contributed by atoms with Crippen LogP contribution in [0.25, 0.3) is 0 Å². The summed E-state index contributed by atoms with van der Waals surface area (Å²) < 4.78 is 15.8. The van der Waals surface area contributed by atoms with Crippen LogP contribution in [-0.2, 0) is 4.74 Å². The molecule has 1 atom stereocenters. The van der Waals surface area contributed by atoms with Crippen molar-refractivity contribution in [2.75, 3.05) is 33.2 Å². The minimum absolute atomic E-state index is 0.277. The van der Waals surface area contributed by atoms with E-state index in [1.165, 1.54) is 7.11 Å². The van der Waals surface area contributed by atoms with E-state index in [1.807, 2.05) is 18.2 Å². The Bertz CT molecular complexity index is 724. The molecule has 2 amide bonds. The van der Waals surface area contributed by atoms with E-state index in [2.05, 4.69) is 10.6 Å². The number of carbonyl (C=O) groups is 1. The van der Waals surface area contributed by atoms with Crippen molar-refractivity contribution in [3.8, 4) is 11.5 Å². The standard InChI is InChI=1S/C18H21ClN2O4/c1-23-15-9-8-12(10-16(15)24-2)21-18(22)20-11-17(25-3)13-6-4-5-7-14(13)19/h4-10,17H,11H2,1-3H3,(H2,20,21,22). The molecule has 0 aliphatic carbocycles. The number of halogens is 1. The summed E-state index contributed by atoms with van der Waals surface area (Å²) in [6, 6.07) is 12.1. The van der Waals surface area contributed by atoms with E-state index < -0.39 is 0 Å². The number of benzene rings is 2. The average molecular weight is 365 g/mol. The largest absolute Gasteiger partial charge is 0.493 e. The van der Waals surface area contributed by atoms with Gasteiger partial charge in [-0.2, -0.15) is 0 Å². The molecule has 0 aliphatic heterocycles. The summed E-state index contributed by atoms with van der Waals surface area (Å²) in [6.45, 7) is 0.277. The van der Waals surface area contributed by atoms with E-state index in [1.54, 1.807) is 38.5 Å². The summed E-state index contributed by atoms with van der Waals surface area (Å²) in [4.78, 5) is 12.1. The first-order chi connectivity index (χ1) is 12.1. The molecule has 0 saturated carbocycles. The Morgan fingerprint density at radius 2 is 1.80 bits per heavy atom. The highest BCUT2D eigenvalue weighted by molar-refractivity contribution is 6.31. The maximum atomic E-state index is 12.1. The Hall–Kier alpha value is -2.44. The summed E-state index contributed by atoms with van der Waals surface area (Å²) >= 11 is 6.17. The monoisotopic (exact) mass is 364 g/mol. The summed E-state index contributed by atoms with van der Waals surface area (Å²) in [6.07, 6.45) is -0.343. The third kappa shape index (κ3) is 5.01. The van der Waals surface area contributed by atoms with Crippen LogP contribution in [0.1, 0.15) is 11.7 Å². The topological polar surface area (TPSA) is 68.8 Å². The number of hydrogen-bond donors (Lipinski definition) is 2. The third-order valence-corrected chi connectivity index (χ3v) is 3.97. The van der Waals surface area contributed by atoms with Crippen LogP contribution in [0.5, 0.6) is 11.5 Å². The first-order valence-electron chi connectivity index (χ1n) is 7.63. The highest BCUT2D eigenvalue weighted by Crippen LogP contribution is 2.29. The third-order valence-electron chi connectivity index (χ3n) is 3.63. The number of rotatable bonds is 7. The summed E-state index contributed by atoms with van der Waals surface area (Å²) in [5.74, 6) is 1.12. The zero-order chi connectivity index (χ0) is 18.2. The van der Waals surface area contributed by atoms with Gasteiger partial charge >= 0.3 is 6.03 Å². The number of amides is 2. The van der Waals surface area contributed by atoms with Crippen LogP contribution in [-0.4, -0.2) is 33.9 Å². The van der Waals surface area contributed by atoms with Crippen LogP contribution < -0.4 is 20.1 Å². The van der Waals surface area contributed by atoms with Gasteiger partial charge in [-0.05, 0) is 18.2 Å². The van der Waals surface area contributed by atoms with E-state index in [0.717, 1.165) is 5.56 Å². The molecule has 0 spiro atoms. The number of carbonyl (C=O) groups excluding carboxylic acids is 1. The van der Waals surface area contributed by atoms with Crippen LogP contribution in [0.2, 0.25) is 5.02 Å². The minimum Gasteiger partial charge on any atom is -0.493 e. The molecule has 2 aromatic rings. The molecule has 134 valence electrons. The van der Waals surface area contributed by atoms with Crippen LogP contribution in [0.4, 0.5) is 10.5 Å². The molecular formula is C18H21ClN2O4. The fraction of sp³-hybridized carbons (Fsp3) is 0.278. The molecule has 6 nitrogen and oxygen atoms in total. The molecule has 0 aromatic heterocycles. The van der Waals surface area contributed by atoms with Gasteiger partial charge in [-0.15, -0.1) is 0 Å². The first kappa shape index (κ1) is 18.9. The highest BCUT2D eigenvalue weighted by atomic mass is 35.5. The van der Waals surface area contributed by atoms with Crippen LogP contribution in [0.15, 0.2) is 42.5 Å². The van der Waals surface area contributed by atoms with Crippen molar-refractivity contribution in [3.63, 3.8) is 0 Å². The molecule has 0 heterocycles. The van der Waals surface area contributed by atoms with Gasteiger partial charge in [0.2, 0.25) is 0 Å². The fourth-order valence-corrected chi connectivity index (χ4v) is 2.59. The molecule has 2 aromatic carbocycles. The normalized spacial score (nSPS) is 11.5. The van der Waals surface area contributed by atoms with Gasteiger partial charge in [0.1, 0.15) is 6.10 Å². The zero-order valence-electron chi connectivity index (χ0n) is 14.3. The molecule has 7 heteroatoms. The Morgan fingerprint density at radius 3 is 2.44 bits per heavy atom. The van der Waals surface area contributed by atoms with Crippen LogP contribution in [0, 0.1) is 0 Å². The lowest BCUT2D eigenvalue weighted by molar-refractivity contribution is 0.104. The second kappa shape index (κ2) is 9.15. The number of hydrogen-bond acceptors (Lipinski definition) is 4. The molecular weight excluding hydrogens is 344 g/mol. The lowest BCUT2D eigenvalue weighted by Crippen LogP contribution is -2.33. The van der Waals surface area contributed by atoms with Gasteiger partial charge < -0.3 is 24.8 Å². The van der Waals surface area contributed by atoms with Crippen molar-refractivity contribution in [1.82, 2.24) is 5.32 Å². The predicted octanol–water partition coefficient (Wildman–Crippen LogP) is 3.87. The average Bonchev–Trinajstić information content (AvgIpc) is 2.63. The molecule has 0 aliphatic rings. The van der Waals surface area contributed by atoms with Gasteiger partial charge in [0.05, 0.1) is 14.2 Å². The van der Waals surface area contributed by atoms with Crippen molar-refractivity contribution in [2.24, 2.45) is 0 Å². The summed E-state index contributed by atoms with van der Waals surface area (Å²) in [5.41, 5.74) is 1.40. The smallest absolute Gasteiger partial charge is 0.319 e. The van der Waals surface area contributed by atoms with Gasteiger partial charge in [-0.25, -0.2) is 4.79 Å². The maximum absolute atomic E-state index is 12.1. The van der Waals surface area contributed by atoms with E-state index in [0.29, 0.717) is 22.2 Å². The molecule has 0 bridgehead atoms. The van der Waals surface area contributed by atoms with Gasteiger partial charge in [0.15, 0.2) is 11.5 Å². The molecule has 0 radical (unpaired) electrons. The first-order valence-corrected chi connectivity index (χ1v) is 8.01. The minimum atomic E-state index is -0.360.